The number of aromatic nitrogens is 3. The number of sulfonamides is 1. The van der Waals surface area contributed by atoms with E-state index in [0.29, 0.717) is 30.6 Å². The molecular formula is C21H29N5O3S. The lowest BCUT2D eigenvalue weighted by atomic mass is 10.1. The Morgan fingerprint density at radius 2 is 1.83 bits per heavy atom. The Hall–Kier alpha value is -2.00. The summed E-state index contributed by atoms with van der Waals surface area (Å²) in [6.45, 7) is 3.27. The van der Waals surface area contributed by atoms with Crippen LogP contribution in [0.25, 0.3) is 11.0 Å². The number of anilines is 1. The maximum atomic E-state index is 12.7. The van der Waals surface area contributed by atoms with Crippen LogP contribution in [0.2, 0.25) is 0 Å². The number of nitrogens with zero attached hydrogens (tertiary/aromatic N) is 4. The van der Waals surface area contributed by atoms with Gasteiger partial charge in [-0.1, -0.05) is 13.3 Å². The second-order valence-electron chi connectivity index (χ2n) is 9.05. The summed E-state index contributed by atoms with van der Waals surface area (Å²) in [7, 11) is -3.10. The molecule has 3 heterocycles. The van der Waals surface area contributed by atoms with E-state index in [1.807, 2.05) is 4.57 Å². The van der Waals surface area contributed by atoms with E-state index in [4.69, 9.17) is 4.98 Å². The molecule has 9 heteroatoms. The van der Waals surface area contributed by atoms with Gasteiger partial charge < -0.3 is 5.32 Å². The van der Waals surface area contributed by atoms with Gasteiger partial charge in [-0.25, -0.2) is 17.7 Å². The maximum absolute atomic E-state index is 12.7. The van der Waals surface area contributed by atoms with Crippen molar-refractivity contribution in [3.05, 3.63) is 28.7 Å². The standard InChI is InChI=1S/C21H29N5O3S/c1-14-3-2-4-18(14)26-19(27)8-5-15-13-22-21(24-20(15)26)23-16-9-11-25(12-10-16)30(28,29)17-6-7-17/h5,8,13-14,16-18H,2-4,6-7,9-12H2,1H3,(H,22,23,24)/t14-,18+/m0/s1. The van der Waals surface area contributed by atoms with Gasteiger partial charge >= 0.3 is 0 Å². The van der Waals surface area contributed by atoms with Gasteiger partial charge in [0.2, 0.25) is 16.0 Å². The zero-order valence-corrected chi connectivity index (χ0v) is 18.1. The van der Waals surface area contributed by atoms with Crippen LogP contribution >= 0.6 is 0 Å². The normalized spacial score (nSPS) is 26.3. The number of hydrogen-bond donors (Lipinski definition) is 1. The predicted molar refractivity (Wildman–Crippen MR) is 116 cm³/mol. The number of pyridine rings is 1. The van der Waals surface area contributed by atoms with Crippen LogP contribution in [0.15, 0.2) is 23.1 Å². The molecule has 0 spiro atoms. The second kappa shape index (κ2) is 7.60. The lowest BCUT2D eigenvalue weighted by Gasteiger charge is -2.31. The Labute approximate surface area is 176 Å². The van der Waals surface area contributed by atoms with E-state index in [1.165, 1.54) is 0 Å². The number of nitrogens with one attached hydrogen (secondary N) is 1. The molecule has 0 unspecified atom stereocenters. The largest absolute Gasteiger partial charge is 0.351 e. The van der Waals surface area contributed by atoms with Gasteiger partial charge in [-0.05, 0) is 50.5 Å². The smallest absolute Gasteiger partial charge is 0.252 e. The molecule has 162 valence electrons. The van der Waals surface area contributed by atoms with Crippen molar-refractivity contribution >= 4 is 27.0 Å². The third-order valence-corrected chi connectivity index (χ3v) is 9.31. The molecule has 1 saturated heterocycles. The molecule has 2 atom stereocenters. The second-order valence-corrected chi connectivity index (χ2v) is 11.3. The van der Waals surface area contributed by atoms with Crippen molar-refractivity contribution in [2.24, 2.45) is 5.92 Å². The van der Waals surface area contributed by atoms with Crippen molar-refractivity contribution in [2.75, 3.05) is 18.4 Å². The van der Waals surface area contributed by atoms with E-state index < -0.39 is 10.0 Å². The molecule has 0 aromatic carbocycles. The summed E-state index contributed by atoms with van der Waals surface area (Å²) in [4.78, 5) is 21.9. The molecule has 2 aromatic heterocycles. The van der Waals surface area contributed by atoms with Gasteiger partial charge in [-0.15, -0.1) is 0 Å². The fraction of sp³-hybridized carbons (Fsp3) is 0.667. The molecule has 2 aromatic rings. The molecule has 0 bridgehead atoms. The SMILES string of the molecule is C[C@H]1CCC[C@H]1n1c(=O)ccc2cnc(NC3CCN(S(=O)(=O)C4CC4)CC3)nc21. The van der Waals surface area contributed by atoms with Crippen molar-refractivity contribution in [3.63, 3.8) is 0 Å². The highest BCUT2D eigenvalue weighted by atomic mass is 32.2. The van der Waals surface area contributed by atoms with E-state index in [2.05, 4.69) is 17.2 Å². The Morgan fingerprint density at radius 3 is 2.50 bits per heavy atom. The van der Waals surface area contributed by atoms with Gasteiger partial charge in [-0.3, -0.25) is 9.36 Å². The summed E-state index contributed by atoms with van der Waals surface area (Å²) in [5.41, 5.74) is 0.678. The topological polar surface area (TPSA) is 97.2 Å². The molecule has 3 fully saturated rings. The minimum atomic E-state index is -3.10. The molecule has 0 amide bonds. The highest BCUT2D eigenvalue weighted by Crippen LogP contribution is 2.36. The van der Waals surface area contributed by atoms with Gasteiger partial charge in [0.05, 0.1) is 5.25 Å². The molecule has 2 saturated carbocycles. The van der Waals surface area contributed by atoms with Crippen LogP contribution in [0.5, 0.6) is 0 Å². The summed E-state index contributed by atoms with van der Waals surface area (Å²) < 4.78 is 28.4. The van der Waals surface area contributed by atoms with E-state index in [1.54, 1.807) is 22.6 Å². The zero-order chi connectivity index (χ0) is 20.9. The summed E-state index contributed by atoms with van der Waals surface area (Å²) in [5, 5.41) is 4.09. The number of piperidine rings is 1. The van der Waals surface area contributed by atoms with Gasteiger partial charge in [0.1, 0.15) is 5.65 Å². The zero-order valence-electron chi connectivity index (χ0n) is 17.3. The molecule has 8 nitrogen and oxygen atoms in total. The predicted octanol–water partition coefficient (Wildman–Crippen LogP) is 2.52. The van der Waals surface area contributed by atoms with Crippen LogP contribution in [0.3, 0.4) is 0 Å². The lowest BCUT2D eigenvalue weighted by Crippen LogP contribution is -2.43. The van der Waals surface area contributed by atoms with E-state index in [0.717, 1.165) is 50.3 Å². The van der Waals surface area contributed by atoms with E-state index in [9.17, 15) is 13.2 Å². The van der Waals surface area contributed by atoms with Crippen molar-refractivity contribution in [2.45, 2.75) is 69.2 Å². The van der Waals surface area contributed by atoms with E-state index >= 15 is 0 Å². The molecule has 2 aliphatic carbocycles. The average Bonchev–Trinajstić information content (AvgIpc) is 3.52. The number of rotatable bonds is 5. The highest BCUT2D eigenvalue weighted by molar-refractivity contribution is 7.90. The summed E-state index contributed by atoms with van der Waals surface area (Å²) >= 11 is 0. The Balaban J connectivity index is 1.35. The third-order valence-electron chi connectivity index (χ3n) is 6.91. The first kappa shape index (κ1) is 19.9. The quantitative estimate of drug-likeness (QED) is 0.781. The Bertz CT molecular complexity index is 1100. The molecule has 3 aliphatic rings. The van der Waals surface area contributed by atoms with Crippen LogP contribution in [-0.4, -0.2) is 51.6 Å². The minimum absolute atomic E-state index is 0.00973. The number of hydrogen-bond acceptors (Lipinski definition) is 6. The fourth-order valence-corrected chi connectivity index (χ4v) is 6.83. The summed E-state index contributed by atoms with van der Waals surface area (Å²) in [6.07, 6.45) is 8.09. The van der Waals surface area contributed by atoms with Gasteiger partial charge in [0.25, 0.3) is 5.56 Å². The van der Waals surface area contributed by atoms with Crippen molar-refractivity contribution in [1.82, 2.24) is 18.8 Å². The molecule has 0 radical (unpaired) electrons. The first-order valence-corrected chi connectivity index (χ1v) is 12.6. The van der Waals surface area contributed by atoms with Crippen LogP contribution in [-0.2, 0) is 10.0 Å². The van der Waals surface area contributed by atoms with Crippen molar-refractivity contribution in [3.8, 4) is 0 Å². The third kappa shape index (κ3) is 3.62. The molecular weight excluding hydrogens is 402 g/mol. The Kier molecular flexibility index (Phi) is 5.05. The fourth-order valence-electron chi connectivity index (χ4n) is 4.95. The minimum Gasteiger partial charge on any atom is -0.351 e. The Morgan fingerprint density at radius 1 is 1.07 bits per heavy atom. The van der Waals surface area contributed by atoms with Gasteiger partial charge in [-0.2, -0.15) is 4.98 Å². The first-order valence-electron chi connectivity index (χ1n) is 11.1. The highest BCUT2D eigenvalue weighted by Gasteiger charge is 2.41. The molecule has 30 heavy (non-hydrogen) atoms. The van der Waals surface area contributed by atoms with Crippen LogP contribution in [0, 0.1) is 5.92 Å². The molecule has 1 aliphatic heterocycles. The van der Waals surface area contributed by atoms with Gasteiger partial charge in [0.15, 0.2) is 0 Å². The number of fused-ring (bicyclic) bond motifs is 1. The lowest BCUT2D eigenvalue weighted by molar-refractivity contribution is 0.328. The average molecular weight is 432 g/mol. The molecule has 5 rings (SSSR count). The monoisotopic (exact) mass is 431 g/mol. The van der Waals surface area contributed by atoms with Crippen molar-refractivity contribution < 1.29 is 8.42 Å². The van der Waals surface area contributed by atoms with Crippen LogP contribution in [0.4, 0.5) is 5.95 Å². The van der Waals surface area contributed by atoms with E-state index in [-0.39, 0.29) is 22.9 Å². The van der Waals surface area contributed by atoms with Crippen molar-refractivity contribution in [1.29, 1.82) is 0 Å². The first-order chi connectivity index (χ1) is 14.4. The van der Waals surface area contributed by atoms with Crippen LogP contribution in [0.1, 0.15) is 57.9 Å². The van der Waals surface area contributed by atoms with Crippen LogP contribution < -0.4 is 10.9 Å². The summed E-state index contributed by atoms with van der Waals surface area (Å²) in [6, 6.07) is 3.71. The molecule has 1 N–H and O–H groups in total. The van der Waals surface area contributed by atoms with Gasteiger partial charge in [0, 0.05) is 42.8 Å². The maximum Gasteiger partial charge on any atom is 0.252 e. The summed E-state index contributed by atoms with van der Waals surface area (Å²) in [5.74, 6) is 0.966.